The molecule has 0 saturated heterocycles. The number of carbonyl (C=O) groups is 2. The van der Waals surface area contributed by atoms with Gasteiger partial charge in [-0.25, -0.2) is 0 Å². The average molecular weight is 438 g/mol. The van der Waals surface area contributed by atoms with Gasteiger partial charge in [0.1, 0.15) is 0 Å². The number of amides is 2. The third kappa shape index (κ3) is 4.01. The molecule has 4 aromatic rings. The molecule has 1 N–H and O–H groups in total. The molecule has 1 aromatic heterocycles. The summed E-state index contributed by atoms with van der Waals surface area (Å²) in [5.74, 6) is 0.475. The Morgan fingerprint density at radius 1 is 0.970 bits per heavy atom. The highest BCUT2D eigenvalue weighted by Crippen LogP contribution is 2.27. The molecule has 7 heteroatoms. The fourth-order valence-electron chi connectivity index (χ4n) is 3.96. The van der Waals surface area contributed by atoms with Gasteiger partial charge in [-0.05, 0) is 62.4 Å². The largest absolute Gasteiger partial charge is 0.416 e. The number of nitrogens with one attached hydrogen (secondary N) is 1. The van der Waals surface area contributed by atoms with Crippen molar-refractivity contribution in [2.45, 2.75) is 19.9 Å². The summed E-state index contributed by atoms with van der Waals surface area (Å²) in [7, 11) is 0. The molecule has 1 unspecified atom stereocenters. The minimum atomic E-state index is -0.177. The average Bonchev–Trinajstić information content (AvgIpc) is 3.28. The molecule has 0 radical (unpaired) electrons. The lowest BCUT2D eigenvalue weighted by molar-refractivity contribution is 0.0939. The molecule has 0 aliphatic carbocycles. The lowest BCUT2D eigenvalue weighted by Crippen LogP contribution is -2.41. The molecule has 2 heterocycles. The molecule has 5 rings (SSSR count). The summed E-state index contributed by atoms with van der Waals surface area (Å²) in [5, 5.41) is 11.2. The number of anilines is 1. The van der Waals surface area contributed by atoms with Gasteiger partial charge in [0.25, 0.3) is 11.8 Å². The Kier molecular flexibility index (Phi) is 5.22. The van der Waals surface area contributed by atoms with Gasteiger partial charge < -0.3 is 14.6 Å². The number of benzene rings is 3. The van der Waals surface area contributed by atoms with Crippen LogP contribution in [-0.4, -0.2) is 34.6 Å². The maximum absolute atomic E-state index is 13.4. The van der Waals surface area contributed by atoms with Crippen molar-refractivity contribution in [3.8, 4) is 22.9 Å². The van der Waals surface area contributed by atoms with Crippen molar-refractivity contribution in [2.24, 2.45) is 0 Å². The van der Waals surface area contributed by atoms with Crippen molar-refractivity contribution in [1.29, 1.82) is 0 Å². The first-order valence-electron chi connectivity index (χ1n) is 10.7. The Hall–Kier alpha value is -4.26. The number of para-hydroxylation sites is 1. The van der Waals surface area contributed by atoms with E-state index in [1.807, 2.05) is 44.2 Å². The molecule has 7 nitrogen and oxygen atoms in total. The summed E-state index contributed by atoms with van der Waals surface area (Å²) in [6.45, 7) is 4.27. The first kappa shape index (κ1) is 20.6. The normalized spacial score (nSPS) is 15.5. The zero-order valence-corrected chi connectivity index (χ0v) is 18.3. The SMILES string of the molecule is Cc1cccc(-c2nnc(-c3ccc(C(=O)N4CC(C)NC(=O)c5ccccc54)cc3)o2)c1. The van der Waals surface area contributed by atoms with Gasteiger partial charge in [-0.2, -0.15) is 0 Å². The molecule has 0 spiro atoms. The van der Waals surface area contributed by atoms with E-state index < -0.39 is 0 Å². The molecule has 3 aromatic carbocycles. The summed E-state index contributed by atoms with van der Waals surface area (Å²) in [6, 6.07) is 21.9. The number of aromatic nitrogens is 2. The first-order valence-corrected chi connectivity index (χ1v) is 10.7. The van der Waals surface area contributed by atoms with Crippen molar-refractivity contribution in [3.63, 3.8) is 0 Å². The summed E-state index contributed by atoms with van der Waals surface area (Å²) < 4.78 is 5.85. The summed E-state index contributed by atoms with van der Waals surface area (Å²) in [4.78, 5) is 27.5. The number of carbonyl (C=O) groups excluding carboxylic acids is 2. The predicted molar refractivity (Wildman–Crippen MR) is 125 cm³/mol. The molecule has 1 aliphatic heterocycles. The minimum absolute atomic E-state index is 0.174. The van der Waals surface area contributed by atoms with Crippen molar-refractivity contribution in [2.75, 3.05) is 11.4 Å². The van der Waals surface area contributed by atoms with Crippen LogP contribution in [0.5, 0.6) is 0 Å². The molecule has 0 fully saturated rings. The quantitative estimate of drug-likeness (QED) is 0.509. The van der Waals surface area contributed by atoms with E-state index in [-0.39, 0.29) is 17.9 Å². The van der Waals surface area contributed by atoms with Crippen LogP contribution >= 0.6 is 0 Å². The van der Waals surface area contributed by atoms with Crippen LogP contribution in [0.1, 0.15) is 33.2 Å². The third-order valence-corrected chi connectivity index (χ3v) is 5.59. The molecule has 33 heavy (non-hydrogen) atoms. The molecular weight excluding hydrogens is 416 g/mol. The monoisotopic (exact) mass is 438 g/mol. The lowest BCUT2D eigenvalue weighted by Gasteiger charge is -2.24. The van der Waals surface area contributed by atoms with Crippen molar-refractivity contribution >= 4 is 17.5 Å². The van der Waals surface area contributed by atoms with Crippen LogP contribution in [0.3, 0.4) is 0 Å². The number of aryl methyl sites for hydroxylation is 1. The van der Waals surface area contributed by atoms with E-state index in [0.29, 0.717) is 35.1 Å². The number of fused-ring (bicyclic) bond motifs is 1. The van der Waals surface area contributed by atoms with Gasteiger partial charge in [0.15, 0.2) is 0 Å². The smallest absolute Gasteiger partial charge is 0.258 e. The predicted octanol–water partition coefficient (Wildman–Crippen LogP) is 4.49. The Bertz CT molecular complexity index is 1340. The van der Waals surface area contributed by atoms with Gasteiger partial charge >= 0.3 is 0 Å². The van der Waals surface area contributed by atoms with Crippen LogP contribution in [0.25, 0.3) is 22.9 Å². The van der Waals surface area contributed by atoms with Gasteiger partial charge in [0.2, 0.25) is 11.8 Å². The molecule has 164 valence electrons. The van der Waals surface area contributed by atoms with Gasteiger partial charge in [-0.3, -0.25) is 9.59 Å². The number of hydrogen-bond acceptors (Lipinski definition) is 5. The Balaban J connectivity index is 1.41. The number of nitrogens with zero attached hydrogens (tertiary/aromatic N) is 3. The standard InChI is InChI=1S/C26H22N4O3/c1-16-6-5-7-20(14-16)25-29-28-24(33-25)18-10-12-19(13-11-18)26(32)30-15-17(2)27-23(31)21-8-3-4-9-22(21)30/h3-14,17H,15H2,1-2H3,(H,27,31). The second-order valence-corrected chi connectivity index (χ2v) is 8.17. The molecule has 0 saturated carbocycles. The topological polar surface area (TPSA) is 88.3 Å². The van der Waals surface area contributed by atoms with Gasteiger partial charge in [-0.1, -0.05) is 29.8 Å². The molecule has 1 atom stereocenters. The summed E-state index contributed by atoms with van der Waals surface area (Å²) in [6.07, 6.45) is 0. The van der Waals surface area contributed by atoms with Crippen LogP contribution in [0, 0.1) is 6.92 Å². The van der Waals surface area contributed by atoms with E-state index in [4.69, 9.17) is 4.42 Å². The number of hydrogen-bond donors (Lipinski definition) is 1. The second kappa shape index (κ2) is 8.35. The highest BCUT2D eigenvalue weighted by Gasteiger charge is 2.28. The van der Waals surface area contributed by atoms with Crippen molar-refractivity contribution < 1.29 is 14.0 Å². The fraction of sp³-hybridized carbons (Fsp3) is 0.154. The number of rotatable bonds is 3. The maximum Gasteiger partial charge on any atom is 0.258 e. The lowest BCUT2D eigenvalue weighted by atomic mass is 10.1. The van der Waals surface area contributed by atoms with Crippen LogP contribution < -0.4 is 10.2 Å². The zero-order valence-electron chi connectivity index (χ0n) is 18.3. The van der Waals surface area contributed by atoms with E-state index in [0.717, 1.165) is 16.7 Å². The summed E-state index contributed by atoms with van der Waals surface area (Å²) >= 11 is 0. The van der Waals surface area contributed by atoms with E-state index >= 15 is 0 Å². The van der Waals surface area contributed by atoms with Crippen LogP contribution in [-0.2, 0) is 0 Å². The van der Waals surface area contributed by atoms with Crippen molar-refractivity contribution in [3.05, 3.63) is 89.5 Å². The zero-order chi connectivity index (χ0) is 22.9. The van der Waals surface area contributed by atoms with Gasteiger partial charge in [-0.15, -0.1) is 10.2 Å². The van der Waals surface area contributed by atoms with E-state index in [1.54, 1.807) is 47.4 Å². The Morgan fingerprint density at radius 3 is 2.45 bits per heavy atom. The van der Waals surface area contributed by atoms with Crippen LogP contribution in [0.2, 0.25) is 0 Å². The van der Waals surface area contributed by atoms with Gasteiger partial charge in [0.05, 0.1) is 11.3 Å². The molecule has 2 amide bonds. The fourth-order valence-corrected chi connectivity index (χ4v) is 3.96. The van der Waals surface area contributed by atoms with Crippen molar-refractivity contribution in [1.82, 2.24) is 15.5 Å². The van der Waals surface area contributed by atoms with E-state index in [2.05, 4.69) is 15.5 Å². The minimum Gasteiger partial charge on any atom is -0.416 e. The van der Waals surface area contributed by atoms with Crippen LogP contribution in [0.4, 0.5) is 5.69 Å². The third-order valence-electron chi connectivity index (χ3n) is 5.59. The van der Waals surface area contributed by atoms with E-state index in [1.165, 1.54) is 0 Å². The first-order chi connectivity index (χ1) is 16.0. The highest BCUT2D eigenvalue weighted by molar-refractivity contribution is 6.11. The molecular formula is C26H22N4O3. The maximum atomic E-state index is 13.4. The molecule has 0 bridgehead atoms. The van der Waals surface area contributed by atoms with Gasteiger partial charge in [0, 0.05) is 29.3 Å². The van der Waals surface area contributed by atoms with E-state index in [9.17, 15) is 9.59 Å². The Morgan fingerprint density at radius 2 is 1.70 bits per heavy atom. The molecule has 1 aliphatic rings. The Labute approximate surface area is 191 Å². The summed E-state index contributed by atoms with van der Waals surface area (Å²) in [5.41, 5.74) is 4.29. The second-order valence-electron chi connectivity index (χ2n) is 8.17. The highest BCUT2D eigenvalue weighted by atomic mass is 16.4. The van der Waals surface area contributed by atoms with Crippen LogP contribution in [0.15, 0.2) is 77.2 Å².